The Labute approximate surface area is 202 Å². The lowest BCUT2D eigenvalue weighted by molar-refractivity contribution is -0.274. The zero-order valence-corrected chi connectivity index (χ0v) is 19.7. The molecule has 1 aromatic heterocycles. The predicted octanol–water partition coefficient (Wildman–Crippen LogP) is 6.69. The van der Waals surface area contributed by atoms with Gasteiger partial charge in [0.15, 0.2) is 0 Å². The number of benzene rings is 2. The summed E-state index contributed by atoms with van der Waals surface area (Å²) in [6.45, 7) is 6.53. The molecule has 35 heavy (non-hydrogen) atoms. The maximum absolute atomic E-state index is 12.7. The molecule has 1 heterocycles. The highest BCUT2D eigenvalue weighted by Crippen LogP contribution is 2.29. The largest absolute Gasteiger partial charge is 0.573 e. The van der Waals surface area contributed by atoms with Crippen molar-refractivity contribution in [2.24, 2.45) is 0 Å². The van der Waals surface area contributed by atoms with Crippen LogP contribution in [-0.2, 0) is 11.2 Å². The lowest BCUT2D eigenvalue weighted by Crippen LogP contribution is -2.17. The fraction of sp³-hybridized carbons (Fsp3) is 0.308. The van der Waals surface area contributed by atoms with Crippen LogP contribution in [0, 0.1) is 6.92 Å². The van der Waals surface area contributed by atoms with Gasteiger partial charge in [0, 0.05) is 30.5 Å². The van der Waals surface area contributed by atoms with Gasteiger partial charge in [-0.2, -0.15) is 0 Å². The Morgan fingerprint density at radius 2 is 1.74 bits per heavy atom. The molecule has 1 unspecified atom stereocenters. The second-order valence-corrected chi connectivity index (χ2v) is 7.92. The first kappa shape index (κ1) is 26.0. The summed E-state index contributed by atoms with van der Waals surface area (Å²) in [5, 5.41) is 2.81. The van der Waals surface area contributed by atoms with Crippen LogP contribution in [0.4, 0.5) is 18.9 Å². The molecule has 9 heteroatoms. The van der Waals surface area contributed by atoms with Gasteiger partial charge in [0.2, 0.25) is 0 Å². The number of aromatic nitrogens is 1. The lowest BCUT2D eigenvalue weighted by Gasteiger charge is -2.13. The molecule has 0 saturated carbocycles. The fourth-order valence-corrected chi connectivity index (χ4v) is 3.31. The van der Waals surface area contributed by atoms with E-state index in [-0.39, 0.29) is 23.5 Å². The van der Waals surface area contributed by atoms with Crippen molar-refractivity contribution in [1.29, 1.82) is 0 Å². The Bertz CT molecular complexity index is 1130. The van der Waals surface area contributed by atoms with Gasteiger partial charge < -0.3 is 19.5 Å². The number of nitrogens with zero attached hydrogens (tertiary/aromatic N) is 1. The first-order chi connectivity index (χ1) is 16.6. The van der Waals surface area contributed by atoms with Crippen LogP contribution in [0.5, 0.6) is 17.2 Å². The van der Waals surface area contributed by atoms with Crippen LogP contribution in [0.25, 0.3) is 0 Å². The van der Waals surface area contributed by atoms with Gasteiger partial charge in [0.1, 0.15) is 17.2 Å². The zero-order valence-electron chi connectivity index (χ0n) is 19.7. The first-order valence-electron chi connectivity index (χ1n) is 11.2. The van der Waals surface area contributed by atoms with Gasteiger partial charge in [-0.05, 0) is 68.8 Å². The molecule has 1 N–H and O–H groups in total. The second kappa shape index (κ2) is 11.7. The lowest BCUT2D eigenvalue weighted by atomic mass is 10.1. The summed E-state index contributed by atoms with van der Waals surface area (Å²) in [7, 11) is 0. The normalized spacial score (nSPS) is 12.2. The van der Waals surface area contributed by atoms with Crippen molar-refractivity contribution >= 4 is 11.6 Å². The quantitative estimate of drug-likeness (QED) is 0.344. The Morgan fingerprint density at radius 1 is 1.03 bits per heavy atom. The Balaban J connectivity index is 1.60. The number of alkyl halides is 3. The summed E-state index contributed by atoms with van der Waals surface area (Å²) in [6, 6.07) is 15.2. The average molecular weight is 489 g/mol. The van der Waals surface area contributed by atoms with Gasteiger partial charge >= 0.3 is 6.36 Å². The summed E-state index contributed by atoms with van der Waals surface area (Å²) in [5.74, 6) is -0.118. The molecule has 6 nitrogen and oxygen atoms in total. The van der Waals surface area contributed by atoms with E-state index in [0.29, 0.717) is 35.7 Å². The summed E-state index contributed by atoms with van der Waals surface area (Å²) in [6.07, 6.45) is -3.13. The molecule has 0 fully saturated rings. The molecule has 0 aliphatic heterocycles. The molecule has 0 saturated heterocycles. The monoisotopic (exact) mass is 488 g/mol. The van der Waals surface area contributed by atoms with Gasteiger partial charge in [-0.3, -0.25) is 9.78 Å². The molecule has 0 radical (unpaired) electrons. The van der Waals surface area contributed by atoms with E-state index in [1.807, 2.05) is 13.0 Å². The highest BCUT2D eigenvalue weighted by molar-refractivity contribution is 6.05. The van der Waals surface area contributed by atoms with Gasteiger partial charge in [-0.25, -0.2) is 0 Å². The van der Waals surface area contributed by atoms with Crippen LogP contribution in [0.15, 0.2) is 60.7 Å². The molecule has 1 amide bonds. The summed E-state index contributed by atoms with van der Waals surface area (Å²) in [4.78, 5) is 17.3. The molecular weight excluding hydrogens is 461 g/mol. The minimum atomic E-state index is -4.78. The first-order valence-corrected chi connectivity index (χ1v) is 11.2. The van der Waals surface area contributed by atoms with Crippen molar-refractivity contribution in [3.05, 3.63) is 77.6 Å². The fourth-order valence-electron chi connectivity index (χ4n) is 3.31. The van der Waals surface area contributed by atoms with Crippen LogP contribution >= 0.6 is 0 Å². The van der Waals surface area contributed by atoms with E-state index in [4.69, 9.17) is 9.47 Å². The Kier molecular flexibility index (Phi) is 8.70. The molecule has 0 spiro atoms. The molecule has 186 valence electrons. The second-order valence-electron chi connectivity index (χ2n) is 7.92. The van der Waals surface area contributed by atoms with Crippen molar-refractivity contribution in [3.8, 4) is 17.2 Å². The third-order valence-electron chi connectivity index (χ3n) is 4.88. The smallest absolute Gasteiger partial charge is 0.457 e. The van der Waals surface area contributed by atoms with Crippen molar-refractivity contribution in [3.63, 3.8) is 0 Å². The molecular formula is C26H27F3N2O4. The summed E-state index contributed by atoms with van der Waals surface area (Å²) in [5.41, 5.74) is 2.46. The van der Waals surface area contributed by atoms with E-state index in [2.05, 4.69) is 22.0 Å². The number of carbonyl (C=O) groups is 1. The highest BCUT2D eigenvalue weighted by atomic mass is 19.4. The average Bonchev–Trinajstić information content (AvgIpc) is 2.78. The van der Waals surface area contributed by atoms with Gasteiger partial charge in [-0.15, -0.1) is 13.2 Å². The standard InChI is InChI=1S/C26H27F3N2O4/c1-4-14-33-17(2)15-20-10-13-24(18(3)30-20)25(32)31-19-8-11-21(12-9-19)34-22-6-5-7-23(16-22)35-26(27,28)29/h5-13,16-17H,4,14-15H2,1-3H3,(H,31,32). The van der Waals surface area contributed by atoms with E-state index < -0.39 is 6.36 Å². The molecule has 3 rings (SSSR count). The molecule has 0 aliphatic rings. The molecule has 2 aromatic carbocycles. The van der Waals surface area contributed by atoms with Crippen LogP contribution in [0.2, 0.25) is 0 Å². The maximum Gasteiger partial charge on any atom is 0.573 e. The number of aryl methyl sites for hydroxylation is 1. The zero-order chi connectivity index (χ0) is 25.4. The van der Waals surface area contributed by atoms with E-state index in [9.17, 15) is 18.0 Å². The Hall–Kier alpha value is -3.59. The van der Waals surface area contributed by atoms with Crippen LogP contribution < -0.4 is 14.8 Å². The van der Waals surface area contributed by atoms with Crippen molar-refractivity contribution in [1.82, 2.24) is 4.98 Å². The number of hydrogen-bond donors (Lipinski definition) is 1. The van der Waals surface area contributed by atoms with E-state index in [0.717, 1.165) is 18.2 Å². The number of rotatable bonds is 10. The van der Waals surface area contributed by atoms with Crippen molar-refractivity contribution in [2.45, 2.75) is 46.1 Å². The summed E-state index contributed by atoms with van der Waals surface area (Å²) < 4.78 is 52.4. The number of pyridine rings is 1. The minimum Gasteiger partial charge on any atom is -0.457 e. The minimum absolute atomic E-state index is 0.0434. The SMILES string of the molecule is CCCOC(C)Cc1ccc(C(=O)Nc2ccc(Oc3cccc(OC(F)(F)F)c3)cc2)c(C)n1. The number of nitrogens with one attached hydrogen (secondary N) is 1. The van der Waals surface area contributed by atoms with Crippen LogP contribution in [0.1, 0.15) is 42.0 Å². The number of anilines is 1. The third-order valence-corrected chi connectivity index (χ3v) is 4.88. The maximum atomic E-state index is 12.7. The summed E-state index contributed by atoms with van der Waals surface area (Å²) >= 11 is 0. The molecule has 1 atom stereocenters. The van der Waals surface area contributed by atoms with E-state index in [1.165, 1.54) is 18.2 Å². The van der Waals surface area contributed by atoms with Gasteiger partial charge in [0.25, 0.3) is 5.91 Å². The predicted molar refractivity (Wildman–Crippen MR) is 126 cm³/mol. The van der Waals surface area contributed by atoms with Crippen LogP contribution in [-0.4, -0.2) is 30.0 Å². The number of halogens is 3. The third kappa shape index (κ3) is 8.29. The van der Waals surface area contributed by atoms with Crippen LogP contribution in [0.3, 0.4) is 0 Å². The van der Waals surface area contributed by atoms with Gasteiger partial charge in [-0.1, -0.05) is 13.0 Å². The van der Waals surface area contributed by atoms with Crippen molar-refractivity contribution < 1.29 is 32.2 Å². The number of carbonyl (C=O) groups excluding carboxylic acids is 1. The molecule has 0 aliphatic carbocycles. The van der Waals surface area contributed by atoms with E-state index >= 15 is 0 Å². The Morgan fingerprint density at radius 3 is 2.40 bits per heavy atom. The topological polar surface area (TPSA) is 69.7 Å². The highest BCUT2D eigenvalue weighted by Gasteiger charge is 2.31. The van der Waals surface area contributed by atoms with E-state index in [1.54, 1.807) is 37.3 Å². The molecule has 3 aromatic rings. The number of hydrogen-bond acceptors (Lipinski definition) is 5. The number of ether oxygens (including phenoxy) is 3. The molecule has 0 bridgehead atoms. The number of amides is 1. The van der Waals surface area contributed by atoms with Gasteiger partial charge in [0.05, 0.1) is 17.4 Å². The van der Waals surface area contributed by atoms with Crippen molar-refractivity contribution in [2.75, 3.05) is 11.9 Å².